The molecule has 90 valence electrons. The van der Waals surface area contributed by atoms with Gasteiger partial charge in [0.25, 0.3) is 0 Å². The standard InChI is InChI=1S/C11H12N2O3S/c1-6-8(10(14)16-2)9(13-11(15)12-6)7-3-4-17-5-7/h3-5,9H,1-2H3,(H2,12,13,15)/t9-/m0/s1. The maximum atomic E-state index is 11.7. The summed E-state index contributed by atoms with van der Waals surface area (Å²) in [6, 6.07) is 1.12. The van der Waals surface area contributed by atoms with E-state index in [1.807, 2.05) is 16.8 Å². The molecule has 0 fully saturated rings. The first kappa shape index (κ1) is 11.7. The first-order valence-corrected chi connectivity index (χ1v) is 5.96. The predicted molar refractivity (Wildman–Crippen MR) is 63.4 cm³/mol. The van der Waals surface area contributed by atoms with Crippen LogP contribution in [0.4, 0.5) is 4.79 Å². The van der Waals surface area contributed by atoms with E-state index in [-0.39, 0.29) is 6.03 Å². The average Bonchev–Trinajstić information content (AvgIpc) is 2.80. The molecule has 0 bridgehead atoms. The Labute approximate surface area is 102 Å². The number of carbonyl (C=O) groups excluding carboxylic acids is 2. The van der Waals surface area contributed by atoms with Crippen molar-refractivity contribution in [1.29, 1.82) is 0 Å². The molecule has 0 saturated carbocycles. The third kappa shape index (κ3) is 2.16. The van der Waals surface area contributed by atoms with Crippen molar-refractivity contribution in [3.8, 4) is 0 Å². The van der Waals surface area contributed by atoms with Crippen molar-refractivity contribution in [2.45, 2.75) is 13.0 Å². The summed E-state index contributed by atoms with van der Waals surface area (Å²) in [6.07, 6.45) is 0. The summed E-state index contributed by atoms with van der Waals surface area (Å²) in [5.41, 5.74) is 1.84. The van der Waals surface area contributed by atoms with Gasteiger partial charge in [-0.1, -0.05) is 0 Å². The van der Waals surface area contributed by atoms with Gasteiger partial charge in [-0.05, 0) is 29.3 Å². The molecule has 2 heterocycles. The molecule has 0 aliphatic carbocycles. The van der Waals surface area contributed by atoms with Gasteiger partial charge in [0.15, 0.2) is 0 Å². The zero-order valence-corrected chi connectivity index (χ0v) is 10.3. The summed E-state index contributed by atoms with van der Waals surface area (Å²) >= 11 is 1.51. The Morgan fingerprint density at radius 3 is 2.88 bits per heavy atom. The monoisotopic (exact) mass is 252 g/mol. The lowest BCUT2D eigenvalue weighted by Gasteiger charge is -2.26. The lowest BCUT2D eigenvalue weighted by atomic mass is 9.98. The number of methoxy groups -OCH3 is 1. The normalized spacial score (nSPS) is 19.6. The van der Waals surface area contributed by atoms with Gasteiger partial charge < -0.3 is 15.4 Å². The Morgan fingerprint density at radius 2 is 2.29 bits per heavy atom. The highest BCUT2D eigenvalue weighted by Crippen LogP contribution is 2.28. The number of amides is 2. The zero-order chi connectivity index (χ0) is 12.4. The molecule has 0 aromatic carbocycles. The van der Waals surface area contributed by atoms with Gasteiger partial charge >= 0.3 is 12.0 Å². The molecule has 2 N–H and O–H groups in total. The molecule has 0 unspecified atom stereocenters. The van der Waals surface area contributed by atoms with Crippen LogP contribution in [-0.2, 0) is 9.53 Å². The van der Waals surface area contributed by atoms with Crippen LogP contribution < -0.4 is 10.6 Å². The minimum atomic E-state index is -0.442. The van der Waals surface area contributed by atoms with Crippen LogP contribution in [0.3, 0.4) is 0 Å². The van der Waals surface area contributed by atoms with Crippen LogP contribution in [0.1, 0.15) is 18.5 Å². The van der Waals surface area contributed by atoms with Crippen molar-refractivity contribution in [1.82, 2.24) is 10.6 Å². The third-order valence-electron chi connectivity index (χ3n) is 2.55. The molecule has 0 spiro atoms. The second kappa shape index (κ2) is 4.58. The first-order valence-electron chi connectivity index (χ1n) is 5.02. The fourth-order valence-corrected chi connectivity index (χ4v) is 2.45. The number of urea groups is 1. The summed E-state index contributed by atoms with van der Waals surface area (Å²) in [5, 5.41) is 9.07. The number of allylic oxidation sites excluding steroid dienone is 1. The van der Waals surface area contributed by atoms with Gasteiger partial charge in [-0.2, -0.15) is 11.3 Å². The number of ether oxygens (including phenoxy) is 1. The molecule has 1 aromatic rings. The average molecular weight is 252 g/mol. The lowest BCUT2D eigenvalue weighted by molar-refractivity contribution is -0.136. The Kier molecular flexibility index (Phi) is 3.14. The summed E-state index contributed by atoms with van der Waals surface area (Å²) in [7, 11) is 1.32. The van der Waals surface area contributed by atoms with Crippen molar-refractivity contribution < 1.29 is 14.3 Å². The highest BCUT2D eigenvalue weighted by atomic mass is 32.1. The van der Waals surface area contributed by atoms with E-state index in [1.54, 1.807) is 6.92 Å². The smallest absolute Gasteiger partial charge is 0.337 e. The fraction of sp³-hybridized carbons (Fsp3) is 0.273. The number of esters is 1. The Hall–Kier alpha value is -1.82. The highest BCUT2D eigenvalue weighted by molar-refractivity contribution is 7.08. The Morgan fingerprint density at radius 1 is 1.53 bits per heavy atom. The quantitative estimate of drug-likeness (QED) is 0.785. The van der Waals surface area contributed by atoms with E-state index in [2.05, 4.69) is 10.6 Å². The van der Waals surface area contributed by atoms with Crippen LogP contribution in [0, 0.1) is 0 Å². The van der Waals surface area contributed by atoms with Crippen LogP contribution in [0.15, 0.2) is 28.1 Å². The summed E-state index contributed by atoms with van der Waals surface area (Å²) in [4.78, 5) is 23.2. The van der Waals surface area contributed by atoms with Gasteiger partial charge in [0.2, 0.25) is 0 Å². The van der Waals surface area contributed by atoms with Crippen molar-refractivity contribution in [2.75, 3.05) is 7.11 Å². The van der Waals surface area contributed by atoms with Gasteiger partial charge in [-0.3, -0.25) is 0 Å². The van der Waals surface area contributed by atoms with Crippen molar-refractivity contribution in [3.05, 3.63) is 33.7 Å². The number of thiophene rings is 1. The van der Waals surface area contributed by atoms with Crippen LogP contribution in [0.25, 0.3) is 0 Å². The molecule has 1 atom stereocenters. The van der Waals surface area contributed by atoms with E-state index in [9.17, 15) is 9.59 Å². The fourth-order valence-electron chi connectivity index (χ4n) is 1.76. The SMILES string of the molecule is COC(=O)C1=C(C)NC(=O)N[C@H]1c1ccsc1. The molecule has 0 radical (unpaired) electrons. The second-order valence-electron chi connectivity index (χ2n) is 3.62. The molecular formula is C11H12N2O3S. The molecule has 1 aliphatic rings. The van der Waals surface area contributed by atoms with Gasteiger partial charge in [0.05, 0.1) is 18.7 Å². The number of carbonyl (C=O) groups is 2. The van der Waals surface area contributed by atoms with E-state index in [1.165, 1.54) is 18.4 Å². The van der Waals surface area contributed by atoms with E-state index < -0.39 is 12.0 Å². The summed E-state index contributed by atoms with van der Waals surface area (Å²) in [6.45, 7) is 1.68. The van der Waals surface area contributed by atoms with Crippen LogP contribution in [0.2, 0.25) is 0 Å². The molecule has 2 rings (SSSR count). The Bertz CT molecular complexity index is 479. The topological polar surface area (TPSA) is 67.4 Å². The number of nitrogens with one attached hydrogen (secondary N) is 2. The molecule has 5 nitrogen and oxygen atoms in total. The van der Waals surface area contributed by atoms with E-state index >= 15 is 0 Å². The van der Waals surface area contributed by atoms with E-state index in [0.717, 1.165) is 5.56 Å². The molecule has 6 heteroatoms. The molecule has 1 aliphatic heterocycles. The van der Waals surface area contributed by atoms with Gasteiger partial charge in [-0.25, -0.2) is 9.59 Å². The number of hydrogen-bond acceptors (Lipinski definition) is 4. The Balaban J connectivity index is 2.44. The summed E-state index contributed by atoms with van der Waals surface area (Å²) in [5.74, 6) is -0.439. The van der Waals surface area contributed by atoms with Gasteiger partial charge in [-0.15, -0.1) is 0 Å². The first-order chi connectivity index (χ1) is 8.13. The summed E-state index contributed by atoms with van der Waals surface area (Å²) < 4.78 is 4.74. The minimum Gasteiger partial charge on any atom is -0.466 e. The molecule has 0 saturated heterocycles. The third-order valence-corrected chi connectivity index (χ3v) is 3.25. The molecular weight excluding hydrogens is 240 g/mol. The second-order valence-corrected chi connectivity index (χ2v) is 4.40. The van der Waals surface area contributed by atoms with Crippen LogP contribution in [0.5, 0.6) is 0 Å². The maximum absolute atomic E-state index is 11.7. The van der Waals surface area contributed by atoms with Gasteiger partial charge in [0, 0.05) is 5.70 Å². The minimum absolute atomic E-state index is 0.314. The number of hydrogen-bond donors (Lipinski definition) is 2. The van der Waals surface area contributed by atoms with E-state index in [4.69, 9.17) is 4.74 Å². The lowest BCUT2D eigenvalue weighted by Crippen LogP contribution is -2.45. The highest BCUT2D eigenvalue weighted by Gasteiger charge is 2.31. The van der Waals surface area contributed by atoms with Gasteiger partial charge in [0.1, 0.15) is 0 Å². The van der Waals surface area contributed by atoms with Crippen LogP contribution >= 0.6 is 11.3 Å². The zero-order valence-electron chi connectivity index (χ0n) is 9.44. The predicted octanol–water partition coefficient (Wildman–Crippen LogP) is 1.55. The molecule has 17 heavy (non-hydrogen) atoms. The van der Waals surface area contributed by atoms with Crippen molar-refractivity contribution >= 4 is 23.3 Å². The van der Waals surface area contributed by atoms with Crippen molar-refractivity contribution in [2.24, 2.45) is 0 Å². The molecule has 2 amide bonds. The van der Waals surface area contributed by atoms with Crippen LogP contribution in [-0.4, -0.2) is 19.1 Å². The largest absolute Gasteiger partial charge is 0.466 e. The number of rotatable bonds is 2. The molecule has 1 aromatic heterocycles. The van der Waals surface area contributed by atoms with Crippen molar-refractivity contribution in [3.63, 3.8) is 0 Å². The maximum Gasteiger partial charge on any atom is 0.337 e. The van der Waals surface area contributed by atoms with E-state index in [0.29, 0.717) is 11.3 Å².